The molecule has 0 atom stereocenters. The first-order valence-electron chi connectivity index (χ1n) is 8.77. The van der Waals surface area contributed by atoms with Crippen molar-refractivity contribution >= 4 is 23.5 Å². The van der Waals surface area contributed by atoms with Gasteiger partial charge in [0.05, 0.1) is 5.56 Å². The second kappa shape index (κ2) is 9.96. The first-order chi connectivity index (χ1) is 13.0. The molecule has 2 aromatic rings. The van der Waals surface area contributed by atoms with Gasteiger partial charge in [-0.3, -0.25) is 10.2 Å². The molecule has 142 valence electrons. The quantitative estimate of drug-likeness (QED) is 0.247. The molecular weight excluding hydrogens is 344 g/mol. The zero-order chi connectivity index (χ0) is 19.6. The van der Waals surface area contributed by atoms with Crippen LogP contribution in [0.2, 0.25) is 0 Å². The van der Waals surface area contributed by atoms with E-state index >= 15 is 0 Å². The second-order valence-electron chi connectivity index (χ2n) is 6.00. The summed E-state index contributed by atoms with van der Waals surface area (Å²) in [5, 5.41) is 12.7. The van der Waals surface area contributed by atoms with E-state index in [2.05, 4.69) is 10.6 Å². The monoisotopic (exact) mass is 368 g/mol. The van der Waals surface area contributed by atoms with E-state index in [1.165, 1.54) is 0 Å². The maximum absolute atomic E-state index is 12.2. The number of benzene rings is 2. The summed E-state index contributed by atoms with van der Waals surface area (Å²) in [5.74, 6) is -0.176. The predicted molar refractivity (Wildman–Crippen MR) is 105 cm³/mol. The SMILES string of the molecule is CCCNC(=O)CCc1ccc(OC(=O)c2ccc(NC(=N)N)cc2)cc1. The third kappa shape index (κ3) is 6.81. The van der Waals surface area contributed by atoms with Crippen LogP contribution in [-0.4, -0.2) is 24.4 Å². The first-order valence-corrected chi connectivity index (χ1v) is 8.77. The van der Waals surface area contributed by atoms with Crippen LogP contribution in [0.1, 0.15) is 35.7 Å². The average Bonchev–Trinajstić information content (AvgIpc) is 2.66. The smallest absolute Gasteiger partial charge is 0.343 e. The molecule has 0 spiro atoms. The van der Waals surface area contributed by atoms with Crippen molar-refractivity contribution in [1.29, 1.82) is 5.41 Å². The number of hydrogen-bond donors (Lipinski definition) is 4. The molecule has 0 bridgehead atoms. The Labute approximate surface area is 158 Å². The summed E-state index contributed by atoms with van der Waals surface area (Å²) in [6.45, 7) is 2.71. The largest absolute Gasteiger partial charge is 0.423 e. The Bertz CT molecular complexity index is 786. The van der Waals surface area contributed by atoms with Crippen molar-refractivity contribution in [2.24, 2.45) is 5.73 Å². The van der Waals surface area contributed by atoms with Gasteiger partial charge in [-0.2, -0.15) is 0 Å². The lowest BCUT2D eigenvalue weighted by molar-refractivity contribution is -0.121. The molecule has 0 radical (unpaired) electrons. The Kier molecular flexibility index (Phi) is 7.37. The third-order valence-electron chi connectivity index (χ3n) is 3.75. The van der Waals surface area contributed by atoms with Crippen LogP contribution in [0.4, 0.5) is 5.69 Å². The lowest BCUT2D eigenvalue weighted by atomic mass is 10.1. The van der Waals surface area contributed by atoms with Gasteiger partial charge in [0.25, 0.3) is 0 Å². The zero-order valence-electron chi connectivity index (χ0n) is 15.2. The molecule has 0 aliphatic carbocycles. The molecule has 2 aromatic carbocycles. The highest BCUT2D eigenvalue weighted by atomic mass is 16.5. The number of carbonyl (C=O) groups excluding carboxylic acids is 2. The predicted octanol–water partition coefficient (Wildman–Crippen LogP) is 2.67. The van der Waals surface area contributed by atoms with Gasteiger partial charge in [-0.05, 0) is 54.8 Å². The Hall–Kier alpha value is -3.35. The molecule has 0 heterocycles. The zero-order valence-corrected chi connectivity index (χ0v) is 15.2. The van der Waals surface area contributed by atoms with Crippen LogP contribution in [0.15, 0.2) is 48.5 Å². The lowest BCUT2D eigenvalue weighted by Gasteiger charge is -2.07. The molecule has 0 unspecified atom stereocenters. The van der Waals surface area contributed by atoms with Crippen molar-refractivity contribution in [1.82, 2.24) is 5.32 Å². The Morgan fingerprint density at radius 3 is 2.33 bits per heavy atom. The first kappa shape index (κ1) is 20.0. The summed E-state index contributed by atoms with van der Waals surface area (Å²) in [6.07, 6.45) is 1.98. The maximum Gasteiger partial charge on any atom is 0.343 e. The van der Waals surface area contributed by atoms with E-state index in [4.69, 9.17) is 15.9 Å². The van der Waals surface area contributed by atoms with Crippen LogP contribution in [-0.2, 0) is 11.2 Å². The minimum atomic E-state index is -0.476. The van der Waals surface area contributed by atoms with Gasteiger partial charge >= 0.3 is 5.97 Å². The normalized spacial score (nSPS) is 10.1. The van der Waals surface area contributed by atoms with E-state index < -0.39 is 5.97 Å². The van der Waals surface area contributed by atoms with Crippen molar-refractivity contribution in [2.75, 3.05) is 11.9 Å². The molecule has 27 heavy (non-hydrogen) atoms. The molecule has 0 saturated carbocycles. The summed E-state index contributed by atoms with van der Waals surface area (Å²) in [4.78, 5) is 23.8. The number of ether oxygens (including phenoxy) is 1. The number of amides is 1. The average molecular weight is 368 g/mol. The number of nitrogens with one attached hydrogen (secondary N) is 3. The van der Waals surface area contributed by atoms with Gasteiger partial charge in [-0.1, -0.05) is 19.1 Å². The van der Waals surface area contributed by atoms with E-state index in [1.807, 2.05) is 19.1 Å². The van der Waals surface area contributed by atoms with Gasteiger partial charge in [0.15, 0.2) is 5.96 Å². The third-order valence-corrected chi connectivity index (χ3v) is 3.75. The van der Waals surface area contributed by atoms with Gasteiger partial charge in [-0.15, -0.1) is 0 Å². The highest BCUT2D eigenvalue weighted by molar-refractivity contribution is 5.93. The summed E-state index contributed by atoms with van der Waals surface area (Å²) in [6, 6.07) is 13.6. The summed E-state index contributed by atoms with van der Waals surface area (Å²) in [7, 11) is 0. The second-order valence-corrected chi connectivity index (χ2v) is 6.00. The van der Waals surface area contributed by atoms with Gasteiger partial charge < -0.3 is 21.1 Å². The Morgan fingerprint density at radius 2 is 1.74 bits per heavy atom. The molecule has 0 aliphatic rings. The molecule has 7 nitrogen and oxygen atoms in total. The van der Waals surface area contributed by atoms with Crippen LogP contribution in [0.25, 0.3) is 0 Å². The van der Waals surface area contributed by atoms with E-state index in [9.17, 15) is 9.59 Å². The maximum atomic E-state index is 12.2. The van der Waals surface area contributed by atoms with Gasteiger partial charge in [0, 0.05) is 18.7 Å². The minimum Gasteiger partial charge on any atom is -0.423 e. The van der Waals surface area contributed by atoms with E-state index in [1.54, 1.807) is 36.4 Å². The summed E-state index contributed by atoms with van der Waals surface area (Å²) < 4.78 is 5.35. The number of aryl methyl sites for hydroxylation is 1. The van der Waals surface area contributed by atoms with Gasteiger partial charge in [0.1, 0.15) is 5.75 Å². The molecule has 0 aromatic heterocycles. The number of hydrogen-bond acceptors (Lipinski definition) is 4. The number of carbonyl (C=O) groups is 2. The molecule has 0 saturated heterocycles. The number of esters is 1. The Morgan fingerprint density at radius 1 is 1.07 bits per heavy atom. The van der Waals surface area contributed by atoms with Crippen molar-refractivity contribution in [3.05, 3.63) is 59.7 Å². The number of nitrogens with two attached hydrogens (primary N) is 1. The highest BCUT2D eigenvalue weighted by Crippen LogP contribution is 2.16. The van der Waals surface area contributed by atoms with Crippen molar-refractivity contribution < 1.29 is 14.3 Å². The topological polar surface area (TPSA) is 117 Å². The van der Waals surface area contributed by atoms with Crippen LogP contribution >= 0.6 is 0 Å². The molecule has 7 heteroatoms. The number of rotatable bonds is 8. The fourth-order valence-electron chi connectivity index (χ4n) is 2.35. The molecule has 1 amide bonds. The van der Waals surface area contributed by atoms with Crippen LogP contribution in [0, 0.1) is 5.41 Å². The van der Waals surface area contributed by atoms with Gasteiger partial charge in [-0.25, -0.2) is 4.79 Å². The summed E-state index contributed by atoms with van der Waals surface area (Å²) in [5.41, 5.74) is 7.26. The number of anilines is 1. The Balaban J connectivity index is 1.87. The minimum absolute atomic E-state index is 0.0371. The van der Waals surface area contributed by atoms with Crippen molar-refractivity contribution in [2.45, 2.75) is 26.2 Å². The standard InChI is InChI=1S/C20H24N4O3/c1-2-13-23-18(25)12-5-14-3-10-17(11-4-14)27-19(26)15-6-8-16(9-7-15)24-20(21)22/h3-4,6-11H,2,5,12-13H2,1H3,(H,23,25)(H4,21,22,24). The van der Waals surface area contributed by atoms with E-state index in [0.29, 0.717) is 36.4 Å². The summed E-state index contributed by atoms with van der Waals surface area (Å²) >= 11 is 0. The van der Waals surface area contributed by atoms with E-state index in [-0.39, 0.29) is 11.9 Å². The highest BCUT2D eigenvalue weighted by Gasteiger charge is 2.09. The fourth-order valence-corrected chi connectivity index (χ4v) is 2.35. The van der Waals surface area contributed by atoms with Gasteiger partial charge in [0.2, 0.25) is 5.91 Å². The molecule has 2 rings (SSSR count). The van der Waals surface area contributed by atoms with Crippen molar-refractivity contribution in [3.63, 3.8) is 0 Å². The van der Waals surface area contributed by atoms with Crippen LogP contribution in [0.3, 0.4) is 0 Å². The van der Waals surface area contributed by atoms with Crippen molar-refractivity contribution in [3.8, 4) is 5.75 Å². The number of guanidine groups is 1. The molecular formula is C20H24N4O3. The van der Waals surface area contributed by atoms with Crippen LogP contribution < -0.4 is 21.1 Å². The fraction of sp³-hybridized carbons (Fsp3) is 0.250. The molecule has 0 fully saturated rings. The molecule has 5 N–H and O–H groups in total. The van der Waals surface area contributed by atoms with Crippen LogP contribution in [0.5, 0.6) is 5.75 Å². The van der Waals surface area contributed by atoms with E-state index in [0.717, 1.165) is 12.0 Å². The molecule has 0 aliphatic heterocycles. The lowest BCUT2D eigenvalue weighted by Crippen LogP contribution is -2.24.